The van der Waals surface area contributed by atoms with Crippen LogP contribution in [0.25, 0.3) is 16.9 Å². The Bertz CT molecular complexity index is 984. The van der Waals surface area contributed by atoms with Crippen LogP contribution in [0.5, 0.6) is 0 Å². The average molecular weight is 365 g/mol. The van der Waals surface area contributed by atoms with Crippen LogP contribution in [-0.4, -0.2) is 50.5 Å². The number of amides is 1. The van der Waals surface area contributed by atoms with Gasteiger partial charge in [0.05, 0.1) is 12.2 Å². The van der Waals surface area contributed by atoms with Crippen molar-refractivity contribution in [1.82, 2.24) is 25.2 Å². The highest BCUT2D eigenvalue weighted by molar-refractivity contribution is 5.91. The van der Waals surface area contributed by atoms with Crippen LogP contribution in [0.2, 0.25) is 0 Å². The molecule has 0 aliphatic carbocycles. The molecule has 0 bridgehead atoms. The molecule has 2 N–H and O–H groups in total. The fraction of sp³-hybridized carbons (Fsp3) is 0.278. The highest BCUT2D eigenvalue weighted by atomic mass is 16.6. The molecule has 3 heterocycles. The van der Waals surface area contributed by atoms with Gasteiger partial charge in [0.25, 0.3) is 0 Å². The Balaban J connectivity index is 1.59. The van der Waals surface area contributed by atoms with Gasteiger partial charge in [0.2, 0.25) is 0 Å². The molecule has 1 amide bonds. The number of nitrogens with two attached hydrogens (primary N) is 1. The molecule has 2 aromatic heterocycles. The summed E-state index contributed by atoms with van der Waals surface area (Å²) >= 11 is 0. The quantitative estimate of drug-likeness (QED) is 0.747. The zero-order chi connectivity index (χ0) is 19.0. The number of anilines is 1. The van der Waals surface area contributed by atoms with Gasteiger partial charge in [0.15, 0.2) is 11.6 Å². The Hall–Kier alpha value is -3.33. The number of hydrogen-bond donors (Lipinski definition) is 1. The number of carbonyl (C=O) groups excluding carboxylic acids is 1. The number of rotatable bonds is 4. The predicted octanol–water partition coefficient (Wildman–Crippen LogP) is 1.63. The van der Waals surface area contributed by atoms with Gasteiger partial charge in [-0.3, -0.25) is 4.90 Å². The van der Waals surface area contributed by atoms with Gasteiger partial charge in [-0.05, 0) is 59.7 Å². The third-order valence-corrected chi connectivity index (χ3v) is 4.55. The zero-order valence-electron chi connectivity index (χ0n) is 15.0. The number of benzene rings is 1. The Morgan fingerprint density at radius 2 is 2.04 bits per heavy atom. The molecule has 1 aromatic carbocycles. The SMILES string of the molecule is Cc1cc(-c2ccc(-n3nnnc3C)nc2)ccc1N1C[C@H](CN)OC1=O. The molecule has 1 saturated heterocycles. The van der Waals surface area contributed by atoms with Gasteiger partial charge in [-0.1, -0.05) is 6.07 Å². The lowest BCUT2D eigenvalue weighted by Crippen LogP contribution is -2.27. The van der Waals surface area contributed by atoms with Gasteiger partial charge in [0.1, 0.15) is 6.10 Å². The number of cyclic esters (lactones) is 1. The second-order valence-corrected chi connectivity index (χ2v) is 6.40. The highest BCUT2D eigenvalue weighted by Crippen LogP contribution is 2.29. The van der Waals surface area contributed by atoms with E-state index in [4.69, 9.17) is 10.5 Å². The monoisotopic (exact) mass is 365 g/mol. The van der Waals surface area contributed by atoms with E-state index in [2.05, 4.69) is 20.5 Å². The summed E-state index contributed by atoms with van der Waals surface area (Å²) in [5.41, 5.74) is 9.38. The van der Waals surface area contributed by atoms with Crippen LogP contribution in [0.4, 0.5) is 10.5 Å². The van der Waals surface area contributed by atoms with Gasteiger partial charge in [-0.2, -0.15) is 4.68 Å². The summed E-state index contributed by atoms with van der Waals surface area (Å²) in [4.78, 5) is 18.1. The first-order valence-corrected chi connectivity index (χ1v) is 8.57. The molecule has 138 valence electrons. The van der Waals surface area contributed by atoms with Crippen LogP contribution in [-0.2, 0) is 4.74 Å². The van der Waals surface area contributed by atoms with Crippen molar-refractivity contribution < 1.29 is 9.53 Å². The molecule has 0 radical (unpaired) electrons. The Morgan fingerprint density at radius 3 is 2.63 bits per heavy atom. The fourth-order valence-electron chi connectivity index (χ4n) is 3.10. The molecule has 4 rings (SSSR count). The number of tetrazole rings is 1. The van der Waals surface area contributed by atoms with Crippen LogP contribution in [0, 0.1) is 13.8 Å². The fourth-order valence-corrected chi connectivity index (χ4v) is 3.10. The van der Waals surface area contributed by atoms with Crippen molar-refractivity contribution in [2.24, 2.45) is 5.73 Å². The first kappa shape index (κ1) is 17.1. The maximum Gasteiger partial charge on any atom is 0.414 e. The zero-order valence-corrected chi connectivity index (χ0v) is 15.0. The maximum atomic E-state index is 12.0. The predicted molar refractivity (Wildman–Crippen MR) is 98.5 cm³/mol. The number of ether oxygens (including phenoxy) is 1. The lowest BCUT2D eigenvalue weighted by atomic mass is 10.0. The molecule has 1 aliphatic heterocycles. The third-order valence-electron chi connectivity index (χ3n) is 4.55. The highest BCUT2D eigenvalue weighted by Gasteiger charge is 2.32. The van der Waals surface area contributed by atoms with Crippen LogP contribution < -0.4 is 10.6 Å². The average Bonchev–Trinajstić information content (AvgIpc) is 3.27. The van der Waals surface area contributed by atoms with Crippen molar-refractivity contribution in [1.29, 1.82) is 0 Å². The molecular weight excluding hydrogens is 346 g/mol. The Morgan fingerprint density at radius 1 is 1.22 bits per heavy atom. The molecule has 1 atom stereocenters. The Kier molecular flexibility index (Phi) is 4.28. The van der Waals surface area contributed by atoms with Crippen LogP contribution in [0.15, 0.2) is 36.5 Å². The van der Waals surface area contributed by atoms with E-state index in [0.717, 1.165) is 22.4 Å². The molecule has 9 nitrogen and oxygen atoms in total. The van der Waals surface area contributed by atoms with E-state index in [1.165, 1.54) is 0 Å². The van der Waals surface area contributed by atoms with E-state index in [1.807, 2.05) is 44.2 Å². The molecular formula is C18H19N7O2. The molecule has 0 saturated carbocycles. The topological polar surface area (TPSA) is 112 Å². The Labute approximate surface area is 155 Å². The number of hydrogen-bond acceptors (Lipinski definition) is 7. The van der Waals surface area contributed by atoms with Gasteiger partial charge in [-0.15, -0.1) is 5.10 Å². The van der Waals surface area contributed by atoms with E-state index < -0.39 is 0 Å². The van der Waals surface area contributed by atoms with Gasteiger partial charge >= 0.3 is 6.09 Å². The lowest BCUT2D eigenvalue weighted by molar-refractivity contribution is 0.145. The third kappa shape index (κ3) is 3.13. The standard InChI is InChI=1S/C18H19N7O2/c1-11-7-13(3-5-16(11)24-10-15(8-19)27-18(24)26)14-4-6-17(20-9-14)25-12(2)21-22-23-25/h3-7,9,15H,8,10,19H2,1-2H3/t15-/m0/s1. The molecule has 9 heteroatoms. The van der Waals surface area contributed by atoms with E-state index in [-0.39, 0.29) is 12.2 Å². The summed E-state index contributed by atoms with van der Waals surface area (Å²) in [6.07, 6.45) is 1.16. The van der Waals surface area contributed by atoms with Crippen molar-refractivity contribution in [2.45, 2.75) is 20.0 Å². The normalized spacial score (nSPS) is 16.6. The molecule has 0 unspecified atom stereocenters. The van der Waals surface area contributed by atoms with Crippen LogP contribution in [0.1, 0.15) is 11.4 Å². The van der Waals surface area contributed by atoms with Crippen molar-refractivity contribution in [2.75, 3.05) is 18.0 Å². The molecule has 3 aromatic rings. The maximum absolute atomic E-state index is 12.0. The summed E-state index contributed by atoms with van der Waals surface area (Å²) in [5, 5.41) is 11.4. The molecule has 1 aliphatic rings. The van der Waals surface area contributed by atoms with Gasteiger partial charge in [0, 0.05) is 18.3 Å². The summed E-state index contributed by atoms with van der Waals surface area (Å²) in [5.74, 6) is 1.32. The van der Waals surface area contributed by atoms with Crippen molar-refractivity contribution >= 4 is 11.8 Å². The molecule has 1 fully saturated rings. The van der Waals surface area contributed by atoms with Gasteiger partial charge < -0.3 is 10.5 Å². The number of aryl methyl sites for hydroxylation is 2. The number of aromatic nitrogens is 5. The van der Waals surface area contributed by atoms with E-state index in [9.17, 15) is 4.79 Å². The first-order chi connectivity index (χ1) is 13.1. The smallest absolute Gasteiger partial charge is 0.414 e. The molecule has 27 heavy (non-hydrogen) atoms. The minimum Gasteiger partial charge on any atom is -0.443 e. The van der Waals surface area contributed by atoms with Crippen molar-refractivity contribution in [3.05, 3.63) is 47.9 Å². The summed E-state index contributed by atoms with van der Waals surface area (Å²) in [6.45, 7) is 4.57. The van der Waals surface area contributed by atoms with Crippen molar-refractivity contribution in [3.63, 3.8) is 0 Å². The van der Waals surface area contributed by atoms with Gasteiger partial charge in [-0.25, -0.2) is 9.78 Å². The minimum atomic E-state index is -0.357. The summed E-state index contributed by atoms with van der Waals surface area (Å²) < 4.78 is 6.81. The molecule has 0 spiro atoms. The second kappa shape index (κ2) is 6.76. The summed E-state index contributed by atoms with van der Waals surface area (Å²) in [6, 6.07) is 9.74. The van der Waals surface area contributed by atoms with Crippen LogP contribution >= 0.6 is 0 Å². The first-order valence-electron chi connectivity index (χ1n) is 8.57. The number of pyridine rings is 1. The van der Waals surface area contributed by atoms with E-state index in [0.29, 0.717) is 24.7 Å². The summed E-state index contributed by atoms with van der Waals surface area (Å²) in [7, 11) is 0. The largest absolute Gasteiger partial charge is 0.443 e. The minimum absolute atomic E-state index is 0.261. The van der Waals surface area contributed by atoms with E-state index >= 15 is 0 Å². The number of nitrogens with zero attached hydrogens (tertiary/aromatic N) is 6. The lowest BCUT2D eigenvalue weighted by Gasteiger charge is -2.17. The van der Waals surface area contributed by atoms with E-state index in [1.54, 1.807) is 15.8 Å². The van der Waals surface area contributed by atoms with Crippen LogP contribution in [0.3, 0.4) is 0 Å². The number of carbonyl (C=O) groups is 1. The van der Waals surface area contributed by atoms with Crippen molar-refractivity contribution in [3.8, 4) is 16.9 Å². The second-order valence-electron chi connectivity index (χ2n) is 6.40.